The lowest BCUT2D eigenvalue weighted by atomic mass is 9.95. The Bertz CT molecular complexity index is 1170. The standard InChI is InChI=1S/C20H12ClN3O5S/c21-13-5-1-12(2-6-13)17(25)15-16(11-3-7-14(8-4-11)24(28)29)23(19(27)18(15)26)20-22-9-10-30-20/h1-10,16,25H/t16-/m0/s1. The molecule has 1 atom stereocenters. The summed E-state index contributed by atoms with van der Waals surface area (Å²) >= 11 is 7.05. The molecule has 1 aliphatic heterocycles. The number of nitro benzene ring substituents is 1. The molecule has 1 aromatic heterocycles. The number of nitrogens with zero attached hydrogens (tertiary/aromatic N) is 3. The Morgan fingerprint density at radius 2 is 1.80 bits per heavy atom. The van der Waals surface area contributed by atoms with Gasteiger partial charge in [-0.25, -0.2) is 4.98 Å². The Labute approximate surface area is 178 Å². The van der Waals surface area contributed by atoms with E-state index in [2.05, 4.69) is 4.98 Å². The van der Waals surface area contributed by atoms with Crippen molar-refractivity contribution < 1.29 is 19.6 Å². The summed E-state index contributed by atoms with van der Waals surface area (Å²) in [6, 6.07) is 10.6. The third-order valence-corrected chi connectivity index (χ3v) is 5.63. The van der Waals surface area contributed by atoms with Crippen molar-refractivity contribution in [1.82, 2.24) is 4.98 Å². The van der Waals surface area contributed by atoms with Gasteiger partial charge in [-0.15, -0.1) is 11.3 Å². The predicted molar refractivity (Wildman–Crippen MR) is 111 cm³/mol. The van der Waals surface area contributed by atoms with Crippen molar-refractivity contribution in [3.8, 4) is 0 Å². The molecule has 10 heteroatoms. The van der Waals surface area contributed by atoms with Crippen molar-refractivity contribution in [2.24, 2.45) is 0 Å². The van der Waals surface area contributed by atoms with E-state index in [0.29, 0.717) is 16.1 Å². The summed E-state index contributed by atoms with van der Waals surface area (Å²) < 4.78 is 0. The highest BCUT2D eigenvalue weighted by Crippen LogP contribution is 2.43. The van der Waals surface area contributed by atoms with Gasteiger partial charge in [-0.1, -0.05) is 11.6 Å². The number of aliphatic hydroxyl groups excluding tert-OH is 1. The minimum atomic E-state index is -0.993. The third-order valence-electron chi connectivity index (χ3n) is 4.61. The minimum Gasteiger partial charge on any atom is -0.507 e. The smallest absolute Gasteiger partial charge is 0.301 e. The lowest BCUT2D eigenvalue weighted by Gasteiger charge is -2.22. The van der Waals surface area contributed by atoms with Crippen LogP contribution >= 0.6 is 22.9 Å². The van der Waals surface area contributed by atoms with E-state index in [-0.39, 0.29) is 22.2 Å². The molecule has 8 nitrogen and oxygen atoms in total. The second kappa shape index (κ2) is 7.69. The summed E-state index contributed by atoms with van der Waals surface area (Å²) in [5, 5.41) is 24.3. The second-order valence-corrected chi connectivity index (χ2v) is 7.65. The number of thiazole rings is 1. The zero-order valence-electron chi connectivity index (χ0n) is 15.1. The number of aromatic nitrogens is 1. The van der Waals surface area contributed by atoms with Crippen LogP contribution in [0.15, 0.2) is 65.7 Å². The summed E-state index contributed by atoms with van der Waals surface area (Å²) in [6.45, 7) is 0. The van der Waals surface area contributed by atoms with Crippen LogP contribution in [0.25, 0.3) is 5.76 Å². The summed E-state index contributed by atoms with van der Waals surface area (Å²) in [7, 11) is 0. The number of amides is 1. The van der Waals surface area contributed by atoms with Crippen LogP contribution in [0.2, 0.25) is 5.02 Å². The van der Waals surface area contributed by atoms with E-state index in [1.54, 1.807) is 17.5 Å². The molecule has 1 amide bonds. The van der Waals surface area contributed by atoms with Gasteiger partial charge in [-0.3, -0.25) is 24.6 Å². The van der Waals surface area contributed by atoms with Gasteiger partial charge in [0.1, 0.15) is 5.76 Å². The fourth-order valence-corrected chi connectivity index (χ4v) is 4.01. The van der Waals surface area contributed by atoms with Gasteiger partial charge in [-0.05, 0) is 42.0 Å². The zero-order chi connectivity index (χ0) is 21.4. The molecule has 1 N–H and O–H groups in total. The number of carbonyl (C=O) groups is 2. The molecule has 0 aliphatic carbocycles. The molecule has 0 saturated carbocycles. The zero-order valence-corrected chi connectivity index (χ0v) is 16.6. The number of hydrogen-bond donors (Lipinski definition) is 1. The highest BCUT2D eigenvalue weighted by atomic mass is 35.5. The number of hydrogen-bond acceptors (Lipinski definition) is 7. The van der Waals surface area contributed by atoms with Crippen molar-refractivity contribution >= 4 is 51.2 Å². The van der Waals surface area contributed by atoms with E-state index in [1.165, 1.54) is 47.5 Å². The van der Waals surface area contributed by atoms with Gasteiger partial charge in [0.05, 0.1) is 16.5 Å². The van der Waals surface area contributed by atoms with Crippen molar-refractivity contribution in [2.75, 3.05) is 4.90 Å². The normalized spacial score (nSPS) is 18.0. The molecule has 1 aliphatic rings. The quantitative estimate of drug-likeness (QED) is 0.212. The second-order valence-electron chi connectivity index (χ2n) is 6.34. The van der Waals surface area contributed by atoms with Crippen LogP contribution in [0.5, 0.6) is 0 Å². The van der Waals surface area contributed by atoms with Crippen LogP contribution in [0.1, 0.15) is 17.2 Å². The van der Waals surface area contributed by atoms with Crippen LogP contribution in [0.3, 0.4) is 0 Å². The maximum absolute atomic E-state index is 12.9. The summed E-state index contributed by atoms with van der Waals surface area (Å²) in [5.74, 6) is -2.09. The molecule has 30 heavy (non-hydrogen) atoms. The molecule has 0 unspecified atom stereocenters. The van der Waals surface area contributed by atoms with Gasteiger partial charge < -0.3 is 5.11 Å². The topological polar surface area (TPSA) is 114 Å². The maximum Gasteiger partial charge on any atom is 0.301 e. The molecular weight excluding hydrogens is 430 g/mol. The Hall–Kier alpha value is -3.56. The third kappa shape index (κ3) is 3.34. The summed E-state index contributed by atoms with van der Waals surface area (Å²) in [5.41, 5.74) is 0.461. The molecule has 2 aromatic carbocycles. The van der Waals surface area contributed by atoms with E-state index in [9.17, 15) is 24.8 Å². The van der Waals surface area contributed by atoms with Gasteiger partial charge >= 0.3 is 5.91 Å². The van der Waals surface area contributed by atoms with E-state index < -0.39 is 22.7 Å². The van der Waals surface area contributed by atoms with Gasteiger partial charge in [0, 0.05) is 34.3 Å². The number of Topliss-reactive ketones (excluding diaryl/α,β-unsaturated/α-hetero) is 1. The Morgan fingerprint density at radius 1 is 1.13 bits per heavy atom. The maximum atomic E-state index is 12.9. The minimum absolute atomic E-state index is 0.133. The number of non-ortho nitro benzene ring substituents is 1. The molecule has 2 heterocycles. The highest BCUT2D eigenvalue weighted by molar-refractivity contribution is 7.14. The molecule has 1 fully saturated rings. The largest absolute Gasteiger partial charge is 0.507 e. The van der Waals surface area contributed by atoms with E-state index in [1.807, 2.05) is 0 Å². The number of nitro groups is 1. The summed E-state index contributed by atoms with van der Waals surface area (Å²) in [6.07, 6.45) is 1.49. The van der Waals surface area contributed by atoms with E-state index in [4.69, 9.17) is 11.6 Å². The monoisotopic (exact) mass is 441 g/mol. The van der Waals surface area contributed by atoms with Crippen molar-refractivity contribution in [2.45, 2.75) is 6.04 Å². The molecule has 1 saturated heterocycles. The molecule has 0 radical (unpaired) electrons. The first-order valence-electron chi connectivity index (χ1n) is 8.59. The number of aliphatic hydroxyl groups is 1. The SMILES string of the molecule is O=C1C(=O)N(c2nccs2)[C@@H](c2ccc([N+](=O)[O-])cc2)C1=C(O)c1ccc(Cl)cc1. The van der Waals surface area contributed by atoms with Crippen molar-refractivity contribution in [1.29, 1.82) is 0 Å². The number of halogens is 1. The van der Waals surface area contributed by atoms with Crippen LogP contribution < -0.4 is 4.90 Å². The Morgan fingerprint density at radius 3 is 2.37 bits per heavy atom. The average molecular weight is 442 g/mol. The average Bonchev–Trinajstić information content (AvgIpc) is 3.35. The van der Waals surface area contributed by atoms with Gasteiger partial charge in [0.25, 0.3) is 11.5 Å². The van der Waals surface area contributed by atoms with E-state index in [0.717, 1.165) is 11.3 Å². The first-order chi connectivity index (χ1) is 14.4. The Kier molecular flexibility index (Phi) is 5.06. The van der Waals surface area contributed by atoms with Crippen LogP contribution in [-0.4, -0.2) is 26.7 Å². The molecule has 0 spiro atoms. The molecular formula is C20H12ClN3O5S. The van der Waals surface area contributed by atoms with Gasteiger partial charge in [-0.2, -0.15) is 0 Å². The predicted octanol–water partition coefficient (Wildman–Crippen LogP) is 4.33. The fourth-order valence-electron chi connectivity index (χ4n) is 3.22. The van der Waals surface area contributed by atoms with Crippen LogP contribution in [0, 0.1) is 10.1 Å². The Balaban J connectivity index is 1.91. The molecule has 0 bridgehead atoms. The number of ketones is 1. The van der Waals surface area contributed by atoms with E-state index >= 15 is 0 Å². The molecule has 3 aromatic rings. The van der Waals surface area contributed by atoms with Gasteiger partial charge in [0.15, 0.2) is 5.13 Å². The van der Waals surface area contributed by atoms with Crippen molar-refractivity contribution in [3.05, 3.63) is 91.9 Å². The first kappa shape index (κ1) is 19.7. The molecule has 150 valence electrons. The summed E-state index contributed by atoms with van der Waals surface area (Å²) in [4.78, 5) is 41.5. The van der Waals surface area contributed by atoms with Gasteiger partial charge in [0.2, 0.25) is 0 Å². The fraction of sp³-hybridized carbons (Fsp3) is 0.0500. The molecule has 4 rings (SSSR count). The number of rotatable bonds is 4. The number of benzene rings is 2. The first-order valence-corrected chi connectivity index (χ1v) is 9.85. The number of carbonyl (C=O) groups excluding carboxylic acids is 2. The van der Waals surface area contributed by atoms with Crippen molar-refractivity contribution in [3.63, 3.8) is 0 Å². The number of anilines is 1. The lowest BCUT2D eigenvalue weighted by Crippen LogP contribution is -2.29. The van der Waals surface area contributed by atoms with Crippen LogP contribution in [0.4, 0.5) is 10.8 Å². The lowest BCUT2D eigenvalue weighted by molar-refractivity contribution is -0.384. The highest BCUT2D eigenvalue weighted by Gasteiger charge is 2.48. The van der Waals surface area contributed by atoms with Crippen LogP contribution in [-0.2, 0) is 9.59 Å².